The second-order valence-corrected chi connectivity index (χ2v) is 7.55. The van der Waals surface area contributed by atoms with Gasteiger partial charge in [0.2, 0.25) is 5.95 Å². The number of nitrogens with zero attached hydrogens (tertiary/aromatic N) is 3. The van der Waals surface area contributed by atoms with Crippen molar-refractivity contribution in [3.8, 4) is 28.5 Å². The molecule has 32 heavy (non-hydrogen) atoms. The van der Waals surface area contributed by atoms with Gasteiger partial charge >= 0.3 is 0 Å². The summed E-state index contributed by atoms with van der Waals surface area (Å²) in [6.45, 7) is 0. The summed E-state index contributed by atoms with van der Waals surface area (Å²) >= 11 is 12.1. The number of rotatable bonds is 5. The number of benzene rings is 3. The van der Waals surface area contributed by atoms with Crippen LogP contribution in [0, 0.1) is 11.3 Å². The van der Waals surface area contributed by atoms with Gasteiger partial charge in [0, 0.05) is 5.56 Å². The van der Waals surface area contributed by atoms with Crippen molar-refractivity contribution in [1.82, 2.24) is 9.97 Å². The monoisotopic (exact) mass is 459 g/mol. The van der Waals surface area contributed by atoms with E-state index in [2.05, 4.69) is 20.5 Å². The van der Waals surface area contributed by atoms with Crippen LogP contribution in [0.15, 0.2) is 82.7 Å². The van der Waals surface area contributed by atoms with Crippen LogP contribution in [0.3, 0.4) is 0 Å². The van der Waals surface area contributed by atoms with Crippen molar-refractivity contribution in [1.29, 1.82) is 5.26 Å². The highest BCUT2D eigenvalue weighted by molar-refractivity contribution is 6.42. The summed E-state index contributed by atoms with van der Waals surface area (Å²) < 4.78 is 0. The molecule has 0 bridgehead atoms. The lowest BCUT2D eigenvalue weighted by atomic mass is 10.0. The molecule has 0 radical (unpaired) electrons. The van der Waals surface area contributed by atoms with Gasteiger partial charge in [-0.25, -0.2) is 10.4 Å². The van der Waals surface area contributed by atoms with Crippen molar-refractivity contribution in [3.05, 3.63) is 104 Å². The van der Waals surface area contributed by atoms with Crippen LogP contribution in [0.4, 0.5) is 5.95 Å². The molecule has 0 atom stereocenters. The molecule has 0 saturated heterocycles. The topological polar surface area (TPSA) is 93.9 Å². The maximum absolute atomic E-state index is 12.3. The highest BCUT2D eigenvalue weighted by Gasteiger charge is 2.12. The van der Waals surface area contributed by atoms with Crippen LogP contribution in [-0.4, -0.2) is 16.2 Å². The highest BCUT2D eigenvalue weighted by atomic mass is 35.5. The summed E-state index contributed by atoms with van der Waals surface area (Å²) in [5.74, 6) is 0.136. The zero-order valence-electron chi connectivity index (χ0n) is 16.5. The van der Waals surface area contributed by atoms with Gasteiger partial charge < -0.3 is 0 Å². The lowest BCUT2D eigenvalue weighted by Gasteiger charge is -2.06. The number of halogens is 2. The zero-order valence-corrected chi connectivity index (χ0v) is 18.0. The Kier molecular flexibility index (Phi) is 6.31. The maximum atomic E-state index is 12.3. The largest absolute Gasteiger partial charge is 0.290 e. The minimum absolute atomic E-state index is 0.0522. The first-order chi connectivity index (χ1) is 15.5. The van der Waals surface area contributed by atoms with E-state index in [4.69, 9.17) is 23.2 Å². The normalized spacial score (nSPS) is 10.8. The molecule has 1 aromatic heterocycles. The molecule has 0 aliphatic heterocycles. The first kappa shape index (κ1) is 21.3. The van der Waals surface area contributed by atoms with Gasteiger partial charge in [-0.3, -0.25) is 9.78 Å². The first-order valence-electron chi connectivity index (χ1n) is 9.49. The van der Waals surface area contributed by atoms with E-state index in [9.17, 15) is 10.1 Å². The average molecular weight is 460 g/mol. The third-order valence-electron chi connectivity index (χ3n) is 4.63. The Labute approximate surface area is 193 Å². The van der Waals surface area contributed by atoms with Gasteiger partial charge in [0.25, 0.3) is 5.56 Å². The van der Waals surface area contributed by atoms with Crippen LogP contribution in [0.1, 0.15) is 11.1 Å². The van der Waals surface area contributed by atoms with Gasteiger partial charge in [0.1, 0.15) is 11.6 Å². The number of anilines is 1. The van der Waals surface area contributed by atoms with E-state index in [0.29, 0.717) is 21.3 Å². The van der Waals surface area contributed by atoms with E-state index >= 15 is 0 Å². The summed E-state index contributed by atoms with van der Waals surface area (Å²) in [6.07, 6.45) is 1.60. The summed E-state index contributed by atoms with van der Waals surface area (Å²) in [4.78, 5) is 19.2. The Morgan fingerprint density at radius 1 is 0.938 bits per heavy atom. The third kappa shape index (κ3) is 4.70. The Morgan fingerprint density at radius 2 is 1.66 bits per heavy atom. The van der Waals surface area contributed by atoms with E-state index in [1.54, 1.807) is 24.4 Å². The van der Waals surface area contributed by atoms with Crippen LogP contribution in [0.2, 0.25) is 10.0 Å². The molecule has 4 aromatic rings. The number of nitrogens with one attached hydrogen (secondary N) is 2. The number of hydrazone groups is 1. The first-order valence-corrected chi connectivity index (χ1v) is 10.2. The molecule has 4 rings (SSSR count). The SMILES string of the molecule is N#Cc1c(-c2ccccc2)nc(NN=Cc2ccc(-c3ccc(Cl)c(Cl)c3)cc2)[nH]c1=O. The van der Waals surface area contributed by atoms with Gasteiger partial charge in [-0.15, -0.1) is 0 Å². The molecule has 0 aliphatic carbocycles. The quantitative estimate of drug-likeness (QED) is 0.294. The predicted octanol–water partition coefficient (Wildman–Crippen LogP) is 5.73. The average Bonchev–Trinajstić information content (AvgIpc) is 2.81. The standard InChI is InChI=1S/C24H15Cl2N5O/c25-20-11-10-18(12-21(20)26)16-8-6-15(7-9-16)14-28-31-24-29-22(17-4-2-1-3-5-17)19(13-27)23(32)30-24/h1-12,14H,(H2,29,30,31,32). The summed E-state index contributed by atoms with van der Waals surface area (Å²) in [7, 11) is 0. The van der Waals surface area contributed by atoms with Gasteiger partial charge in [-0.2, -0.15) is 10.4 Å². The molecule has 0 amide bonds. The summed E-state index contributed by atoms with van der Waals surface area (Å²) in [5.41, 5.74) is 5.86. The fraction of sp³-hybridized carbons (Fsp3) is 0. The number of aromatic amines is 1. The van der Waals surface area contributed by atoms with Gasteiger partial charge in [0.05, 0.1) is 22.0 Å². The molecule has 6 nitrogen and oxygen atoms in total. The van der Waals surface area contributed by atoms with Crippen LogP contribution < -0.4 is 11.0 Å². The number of H-pyrrole nitrogens is 1. The number of hydrogen-bond donors (Lipinski definition) is 2. The lowest BCUT2D eigenvalue weighted by molar-refractivity contribution is 1.08. The molecule has 0 fully saturated rings. The second-order valence-electron chi connectivity index (χ2n) is 6.74. The smallest absolute Gasteiger partial charge is 0.270 e. The molecule has 3 aromatic carbocycles. The maximum Gasteiger partial charge on any atom is 0.270 e. The molecular formula is C24H15Cl2N5O. The molecule has 0 spiro atoms. The Balaban J connectivity index is 1.53. The lowest BCUT2D eigenvalue weighted by Crippen LogP contribution is -2.16. The van der Waals surface area contributed by atoms with E-state index in [1.807, 2.05) is 60.7 Å². The number of hydrogen-bond acceptors (Lipinski definition) is 5. The van der Waals surface area contributed by atoms with Gasteiger partial charge in [0.15, 0.2) is 0 Å². The van der Waals surface area contributed by atoms with Crippen molar-refractivity contribution in [2.75, 3.05) is 5.43 Å². The highest BCUT2D eigenvalue weighted by Crippen LogP contribution is 2.28. The Hall–Kier alpha value is -3.92. The molecular weight excluding hydrogens is 445 g/mol. The van der Waals surface area contributed by atoms with Gasteiger partial charge in [-0.05, 0) is 28.8 Å². The Morgan fingerprint density at radius 3 is 2.34 bits per heavy atom. The van der Waals surface area contributed by atoms with Crippen molar-refractivity contribution >= 4 is 35.4 Å². The summed E-state index contributed by atoms with van der Waals surface area (Å²) in [6, 6.07) is 24.1. The molecule has 0 saturated carbocycles. The van der Waals surface area contributed by atoms with E-state index < -0.39 is 5.56 Å². The van der Waals surface area contributed by atoms with Crippen molar-refractivity contribution in [2.24, 2.45) is 5.10 Å². The van der Waals surface area contributed by atoms with Crippen molar-refractivity contribution in [2.45, 2.75) is 0 Å². The van der Waals surface area contributed by atoms with E-state index in [0.717, 1.165) is 16.7 Å². The van der Waals surface area contributed by atoms with E-state index in [-0.39, 0.29) is 11.5 Å². The fourth-order valence-electron chi connectivity index (χ4n) is 3.04. The Bertz CT molecular complexity index is 1390. The zero-order chi connectivity index (χ0) is 22.5. The van der Waals surface area contributed by atoms with Crippen LogP contribution in [-0.2, 0) is 0 Å². The molecule has 156 valence electrons. The summed E-state index contributed by atoms with van der Waals surface area (Å²) in [5, 5.41) is 14.5. The van der Waals surface area contributed by atoms with Crippen LogP contribution >= 0.6 is 23.2 Å². The second kappa shape index (κ2) is 9.48. The van der Waals surface area contributed by atoms with Crippen molar-refractivity contribution < 1.29 is 0 Å². The van der Waals surface area contributed by atoms with Gasteiger partial charge in [-0.1, -0.05) is 83.9 Å². The predicted molar refractivity (Wildman–Crippen MR) is 128 cm³/mol. The van der Waals surface area contributed by atoms with Crippen LogP contribution in [0.5, 0.6) is 0 Å². The van der Waals surface area contributed by atoms with Crippen molar-refractivity contribution in [3.63, 3.8) is 0 Å². The minimum Gasteiger partial charge on any atom is -0.290 e. The number of aromatic nitrogens is 2. The molecule has 1 heterocycles. The van der Waals surface area contributed by atoms with E-state index in [1.165, 1.54) is 0 Å². The van der Waals surface area contributed by atoms with Crippen LogP contribution in [0.25, 0.3) is 22.4 Å². The minimum atomic E-state index is -0.537. The fourth-order valence-corrected chi connectivity index (χ4v) is 3.34. The molecule has 2 N–H and O–H groups in total. The number of nitriles is 1. The molecule has 8 heteroatoms. The molecule has 0 aliphatic rings. The third-order valence-corrected chi connectivity index (χ3v) is 5.37. The molecule has 0 unspecified atom stereocenters.